The van der Waals surface area contributed by atoms with Crippen LogP contribution in [0.4, 0.5) is 8.78 Å². The molecule has 1 heterocycles. The lowest BCUT2D eigenvalue weighted by Gasteiger charge is -2.12. The molecule has 0 radical (unpaired) electrons. The molecule has 66 valence electrons. The summed E-state index contributed by atoms with van der Waals surface area (Å²) in [7, 11) is 0. The summed E-state index contributed by atoms with van der Waals surface area (Å²) in [5.41, 5.74) is 2.01. The van der Waals surface area contributed by atoms with Crippen LogP contribution in [0.1, 0.15) is 6.04 Å². The van der Waals surface area contributed by atoms with Gasteiger partial charge in [0.25, 0.3) is 0 Å². The fraction of sp³-hybridized carbons (Fsp3) is 0.100. The zero-order valence-electron chi connectivity index (χ0n) is 6.74. The van der Waals surface area contributed by atoms with Gasteiger partial charge in [-0.25, -0.2) is 0 Å². The maximum absolute atomic E-state index is 13.1. The lowest BCUT2D eigenvalue weighted by molar-refractivity contribution is 0.503. The van der Waals surface area contributed by atoms with Gasteiger partial charge in [0.15, 0.2) is 11.7 Å². The average molecular weight is 179 g/mol. The Morgan fingerprint density at radius 3 is 2.54 bits per heavy atom. The van der Waals surface area contributed by atoms with Crippen molar-refractivity contribution in [1.82, 2.24) is 4.57 Å². The Morgan fingerprint density at radius 1 is 1.23 bits per heavy atom. The van der Waals surface area contributed by atoms with Crippen LogP contribution in [0.25, 0.3) is 0 Å². The van der Waals surface area contributed by atoms with Gasteiger partial charge in [0, 0.05) is 12.4 Å². The second kappa shape index (κ2) is 3.04. The molecule has 1 aliphatic carbocycles. The molecule has 2 rings (SSSR count). The van der Waals surface area contributed by atoms with Crippen molar-refractivity contribution >= 4 is 0 Å². The lowest BCUT2D eigenvalue weighted by Crippen LogP contribution is -2.05. The van der Waals surface area contributed by atoms with Gasteiger partial charge in [0.2, 0.25) is 0 Å². The molecule has 1 aromatic rings. The molecule has 0 spiro atoms. The molecule has 0 N–H and O–H groups in total. The van der Waals surface area contributed by atoms with E-state index in [9.17, 15) is 8.78 Å². The fourth-order valence-corrected chi connectivity index (χ4v) is 1.25. The van der Waals surface area contributed by atoms with Crippen LogP contribution in [-0.2, 0) is 0 Å². The number of hydrogen-bond donors (Lipinski definition) is 0. The molecule has 0 saturated heterocycles. The third-order valence-electron chi connectivity index (χ3n) is 1.87. The number of rotatable bonds is 1. The van der Waals surface area contributed by atoms with Crippen molar-refractivity contribution in [3.8, 4) is 0 Å². The van der Waals surface area contributed by atoms with Crippen LogP contribution in [0.5, 0.6) is 0 Å². The van der Waals surface area contributed by atoms with Crippen LogP contribution in [-0.4, -0.2) is 4.57 Å². The molecule has 0 aromatic carbocycles. The summed E-state index contributed by atoms with van der Waals surface area (Å²) in [6.45, 7) is 0. The highest BCUT2D eigenvalue weighted by molar-refractivity contribution is 5.25. The van der Waals surface area contributed by atoms with Gasteiger partial charge in [-0.1, -0.05) is 6.08 Å². The Labute approximate surface area is 74.3 Å². The summed E-state index contributed by atoms with van der Waals surface area (Å²) in [5, 5.41) is 0. The van der Waals surface area contributed by atoms with E-state index < -0.39 is 17.7 Å². The van der Waals surface area contributed by atoms with E-state index in [4.69, 9.17) is 0 Å². The van der Waals surface area contributed by atoms with Crippen molar-refractivity contribution in [1.29, 1.82) is 0 Å². The molecule has 1 aromatic heterocycles. The van der Waals surface area contributed by atoms with Crippen molar-refractivity contribution in [3.05, 3.63) is 54.1 Å². The zero-order chi connectivity index (χ0) is 9.26. The second-order valence-electron chi connectivity index (χ2n) is 2.76. The number of halogens is 2. The Hall–Kier alpha value is -1.60. The van der Waals surface area contributed by atoms with Crippen molar-refractivity contribution in [2.24, 2.45) is 0 Å². The third kappa shape index (κ3) is 1.46. The summed E-state index contributed by atoms with van der Waals surface area (Å²) in [6.07, 6.45) is 6.12. The lowest BCUT2D eigenvalue weighted by atomic mass is 10.2. The van der Waals surface area contributed by atoms with Crippen LogP contribution >= 0.6 is 0 Å². The molecule has 0 fully saturated rings. The van der Waals surface area contributed by atoms with Crippen LogP contribution < -0.4 is 0 Å². The van der Waals surface area contributed by atoms with Crippen LogP contribution in [0.3, 0.4) is 0 Å². The molecule has 0 unspecified atom stereocenters. The summed E-state index contributed by atoms with van der Waals surface area (Å²) < 4.78 is 27.3. The Balaban J connectivity index is 2.40. The van der Waals surface area contributed by atoms with E-state index in [1.54, 1.807) is 29.1 Å². The molecule has 0 aliphatic heterocycles. The normalized spacial score (nSPS) is 21.2. The van der Waals surface area contributed by atoms with Gasteiger partial charge in [0.1, 0.15) is 6.04 Å². The van der Waals surface area contributed by atoms with E-state index in [1.165, 1.54) is 12.2 Å². The van der Waals surface area contributed by atoms with Crippen LogP contribution in [0.15, 0.2) is 54.1 Å². The van der Waals surface area contributed by atoms with Crippen molar-refractivity contribution in [2.75, 3.05) is 0 Å². The first-order valence-corrected chi connectivity index (χ1v) is 3.90. The molecule has 3 heteroatoms. The molecule has 0 saturated carbocycles. The average Bonchev–Trinajstić information content (AvgIpc) is 2.56. The van der Waals surface area contributed by atoms with Gasteiger partial charge in [-0.2, -0.15) is 8.78 Å². The largest absolute Gasteiger partial charge is 0.340 e. The summed E-state index contributed by atoms with van der Waals surface area (Å²) in [6, 6.07) is 3.03. The zero-order valence-corrected chi connectivity index (χ0v) is 6.74. The predicted molar refractivity (Wildman–Crippen MR) is 45.4 cm³/mol. The van der Waals surface area contributed by atoms with E-state index in [-0.39, 0.29) is 0 Å². The molecule has 1 atom stereocenters. The smallest absolute Gasteiger partial charge is 0.172 e. The molecule has 0 bridgehead atoms. The first-order valence-electron chi connectivity index (χ1n) is 3.90. The van der Waals surface area contributed by atoms with Crippen LogP contribution in [0, 0.1) is 0 Å². The van der Waals surface area contributed by atoms with E-state index >= 15 is 0 Å². The van der Waals surface area contributed by atoms with Gasteiger partial charge < -0.3 is 4.57 Å². The monoisotopic (exact) mass is 179 g/mol. The van der Waals surface area contributed by atoms with E-state index in [2.05, 4.69) is 0 Å². The first-order chi connectivity index (χ1) is 6.27. The van der Waals surface area contributed by atoms with E-state index in [0.717, 1.165) is 0 Å². The Kier molecular flexibility index (Phi) is 1.87. The van der Waals surface area contributed by atoms with E-state index in [0.29, 0.717) is 0 Å². The summed E-state index contributed by atoms with van der Waals surface area (Å²) in [5.74, 6) is -1.27. The minimum absolute atomic E-state index is 0.547. The van der Waals surface area contributed by atoms with Crippen molar-refractivity contribution < 1.29 is 8.78 Å². The van der Waals surface area contributed by atoms with Gasteiger partial charge in [-0.05, 0) is 23.9 Å². The number of allylic oxidation sites excluding steroid dienone is 3. The minimum atomic E-state index is -0.666. The fourth-order valence-electron chi connectivity index (χ4n) is 1.25. The molecule has 0 amide bonds. The predicted octanol–water partition coefficient (Wildman–Crippen LogP) is 2.90. The third-order valence-corrected chi connectivity index (χ3v) is 1.87. The van der Waals surface area contributed by atoms with Gasteiger partial charge in [-0.3, -0.25) is 0 Å². The van der Waals surface area contributed by atoms with Crippen LogP contribution in [0.2, 0.25) is 0 Å². The topological polar surface area (TPSA) is 4.93 Å². The van der Waals surface area contributed by atoms with Crippen molar-refractivity contribution in [2.45, 2.75) is 6.04 Å². The highest BCUT2D eigenvalue weighted by atomic mass is 19.1. The molecular formula is C10H7F2N. The minimum Gasteiger partial charge on any atom is -0.340 e. The number of hydrogen-bond acceptors (Lipinski definition) is 0. The first kappa shape index (κ1) is 8.02. The number of nitrogens with zero attached hydrogens (tertiary/aromatic N) is 1. The standard InChI is InChI=1S/C10H7F2N/c11-8-3-4-10(9(12)7-8)13-5-1-2-6-13/h1-6,10H/t10-/m0/s1. The van der Waals surface area contributed by atoms with Crippen molar-refractivity contribution in [3.63, 3.8) is 0 Å². The highest BCUT2D eigenvalue weighted by Crippen LogP contribution is 2.24. The van der Waals surface area contributed by atoms with Gasteiger partial charge >= 0.3 is 0 Å². The summed E-state index contributed by atoms with van der Waals surface area (Å²) >= 11 is 0. The molecule has 13 heavy (non-hydrogen) atoms. The summed E-state index contributed by atoms with van der Waals surface area (Å²) in [4.78, 5) is 0. The molecular weight excluding hydrogens is 172 g/mol. The highest BCUT2D eigenvalue weighted by Gasteiger charge is 2.15. The Morgan fingerprint density at radius 2 is 1.92 bits per heavy atom. The molecule has 1 nitrogen and oxygen atoms in total. The maximum Gasteiger partial charge on any atom is 0.172 e. The Bertz CT molecular complexity index is 395. The van der Waals surface area contributed by atoms with Gasteiger partial charge in [-0.15, -0.1) is 0 Å². The van der Waals surface area contributed by atoms with E-state index in [1.807, 2.05) is 5.73 Å². The molecule has 1 aliphatic rings. The van der Waals surface area contributed by atoms with Gasteiger partial charge in [0.05, 0.1) is 0 Å². The SMILES string of the molecule is FC1=C=C(F)[C@@H](n2cccc2)C=C1. The quantitative estimate of drug-likeness (QED) is 0.584. The second-order valence-corrected chi connectivity index (χ2v) is 2.76. The number of aromatic nitrogens is 1. The maximum atomic E-state index is 13.1.